The van der Waals surface area contributed by atoms with Gasteiger partial charge >= 0.3 is 6.18 Å². The largest absolute Gasteiger partial charge is 0.416 e. The molecule has 0 radical (unpaired) electrons. The lowest BCUT2D eigenvalue weighted by Crippen LogP contribution is -2.22. The van der Waals surface area contributed by atoms with Crippen molar-refractivity contribution in [1.82, 2.24) is 5.32 Å². The van der Waals surface area contributed by atoms with Gasteiger partial charge in [0.2, 0.25) is 0 Å². The molecule has 1 N–H and O–H groups in total. The van der Waals surface area contributed by atoms with Crippen LogP contribution in [0.15, 0.2) is 36.4 Å². The van der Waals surface area contributed by atoms with E-state index in [0.717, 1.165) is 35.5 Å². The van der Waals surface area contributed by atoms with Crippen molar-refractivity contribution in [3.05, 3.63) is 57.3 Å². The lowest BCUT2D eigenvalue weighted by molar-refractivity contribution is -0.137. The molecule has 2 aromatic rings. The van der Waals surface area contributed by atoms with Crippen LogP contribution >= 0.6 is 11.3 Å². The minimum Gasteiger partial charge on any atom is -0.306 e. The standard InChI is InChI=1S/C16H18F3NS/c1-3-10-20-15(14-9-4-11(2)21-14)12-5-7-13(8-6-12)16(17,18)19/h4-9,15,20H,3,10H2,1-2H3. The number of alkyl halides is 3. The number of rotatable bonds is 5. The molecule has 5 heteroatoms. The van der Waals surface area contributed by atoms with Crippen LogP contribution in [0.4, 0.5) is 13.2 Å². The van der Waals surface area contributed by atoms with Crippen LogP contribution in [-0.2, 0) is 6.18 Å². The lowest BCUT2D eigenvalue weighted by atomic mass is 10.0. The second-order valence-corrected chi connectivity index (χ2v) is 6.27. The lowest BCUT2D eigenvalue weighted by Gasteiger charge is -2.18. The van der Waals surface area contributed by atoms with Crippen molar-refractivity contribution in [2.75, 3.05) is 6.54 Å². The Bertz CT molecular complexity index is 572. The first kappa shape index (κ1) is 16.0. The Morgan fingerprint density at radius 3 is 2.24 bits per heavy atom. The molecule has 1 atom stereocenters. The van der Waals surface area contributed by atoms with E-state index in [1.807, 2.05) is 19.1 Å². The van der Waals surface area contributed by atoms with Crippen molar-refractivity contribution in [3.63, 3.8) is 0 Å². The summed E-state index contributed by atoms with van der Waals surface area (Å²) in [4.78, 5) is 2.32. The highest BCUT2D eigenvalue weighted by Crippen LogP contribution is 2.32. The van der Waals surface area contributed by atoms with Crippen molar-refractivity contribution >= 4 is 11.3 Å². The fourth-order valence-electron chi connectivity index (χ4n) is 2.14. The van der Waals surface area contributed by atoms with Crippen LogP contribution in [0.5, 0.6) is 0 Å². The maximum atomic E-state index is 12.6. The number of thiophene rings is 1. The Labute approximate surface area is 126 Å². The summed E-state index contributed by atoms with van der Waals surface area (Å²) in [5.74, 6) is 0. The molecule has 1 aromatic carbocycles. The molecule has 0 aliphatic carbocycles. The Morgan fingerprint density at radius 2 is 1.76 bits per heavy atom. The topological polar surface area (TPSA) is 12.0 Å². The summed E-state index contributed by atoms with van der Waals surface area (Å²) in [6, 6.07) is 9.44. The van der Waals surface area contributed by atoms with E-state index in [2.05, 4.69) is 12.2 Å². The second kappa shape index (κ2) is 6.62. The predicted molar refractivity (Wildman–Crippen MR) is 80.6 cm³/mol. The molecule has 0 saturated carbocycles. The molecule has 2 rings (SSSR count). The number of hydrogen-bond acceptors (Lipinski definition) is 2. The van der Waals surface area contributed by atoms with Crippen LogP contribution in [0, 0.1) is 6.92 Å². The molecule has 0 spiro atoms. The molecule has 1 unspecified atom stereocenters. The third-order valence-corrected chi connectivity index (χ3v) is 4.28. The van der Waals surface area contributed by atoms with Gasteiger partial charge in [-0.1, -0.05) is 19.1 Å². The first-order valence-corrected chi connectivity index (χ1v) is 7.70. The quantitative estimate of drug-likeness (QED) is 0.803. The average molecular weight is 313 g/mol. The highest BCUT2D eigenvalue weighted by Gasteiger charge is 2.30. The van der Waals surface area contributed by atoms with Gasteiger partial charge in [-0.3, -0.25) is 0 Å². The predicted octanol–water partition coefficient (Wildman–Crippen LogP) is 5.16. The van der Waals surface area contributed by atoms with Crippen molar-refractivity contribution in [2.24, 2.45) is 0 Å². The van der Waals surface area contributed by atoms with E-state index >= 15 is 0 Å². The van der Waals surface area contributed by atoms with E-state index in [1.165, 1.54) is 4.88 Å². The zero-order valence-electron chi connectivity index (χ0n) is 12.0. The molecule has 114 valence electrons. The minimum atomic E-state index is -4.29. The van der Waals surface area contributed by atoms with Crippen LogP contribution in [0.1, 0.15) is 40.3 Å². The summed E-state index contributed by atoms with van der Waals surface area (Å²) in [7, 11) is 0. The zero-order valence-corrected chi connectivity index (χ0v) is 12.8. The smallest absolute Gasteiger partial charge is 0.306 e. The van der Waals surface area contributed by atoms with Gasteiger partial charge in [0.1, 0.15) is 0 Å². The molecular weight excluding hydrogens is 295 g/mol. The van der Waals surface area contributed by atoms with E-state index < -0.39 is 11.7 Å². The minimum absolute atomic E-state index is 0.0501. The molecule has 0 aliphatic rings. The van der Waals surface area contributed by atoms with Crippen LogP contribution in [-0.4, -0.2) is 6.54 Å². The van der Waals surface area contributed by atoms with E-state index in [0.29, 0.717) is 0 Å². The Morgan fingerprint density at radius 1 is 1.10 bits per heavy atom. The summed E-state index contributed by atoms with van der Waals surface area (Å²) in [5.41, 5.74) is 0.251. The molecule has 1 heterocycles. The molecule has 1 aromatic heterocycles. The summed E-state index contributed by atoms with van der Waals surface area (Å²) in [6.45, 7) is 4.91. The highest BCUT2D eigenvalue weighted by molar-refractivity contribution is 7.12. The Hall–Kier alpha value is -1.33. The second-order valence-electron chi connectivity index (χ2n) is 4.96. The molecule has 0 bridgehead atoms. The molecular formula is C16H18F3NS. The van der Waals surface area contributed by atoms with Crippen molar-refractivity contribution < 1.29 is 13.2 Å². The molecule has 1 nitrogen and oxygen atoms in total. The Balaban J connectivity index is 2.28. The van der Waals surface area contributed by atoms with Gasteiger partial charge < -0.3 is 5.32 Å². The van der Waals surface area contributed by atoms with E-state index in [1.54, 1.807) is 23.5 Å². The average Bonchev–Trinajstić information content (AvgIpc) is 2.85. The summed E-state index contributed by atoms with van der Waals surface area (Å²) in [6.07, 6.45) is -3.31. The summed E-state index contributed by atoms with van der Waals surface area (Å²) >= 11 is 1.67. The van der Waals surface area contributed by atoms with Crippen LogP contribution in [0.2, 0.25) is 0 Å². The maximum absolute atomic E-state index is 12.6. The SMILES string of the molecule is CCCNC(c1ccc(C(F)(F)F)cc1)c1ccc(C)s1. The number of aryl methyl sites for hydroxylation is 1. The number of hydrogen-bond donors (Lipinski definition) is 1. The summed E-state index contributed by atoms with van der Waals surface area (Å²) < 4.78 is 37.9. The maximum Gasteiger partial charge on any atom is 0.416 e. The first-order chi connectivity index (χ1) is 9.91. The third-order valence-electron chi connectivity index (χ3n) is 3.22. The van der Waals surface area contributed by atoms with E-state index in [4.69, 9.17) is 0 Å². The van der Waals surface area contributed by atoms with Gasteiger partial charge in [0.15, 0.2) is 0 Å². The van der Waals surface area contributed by atoms with Crippen LogP contribution in [0.3, 0.4) is 0 Å². The fraction of sp³-hybridized carbons (Fsp3) is 0.375. The normalized spacial score (nSPS) is 13.4. The molecule has 0 saturated heterocycles. The van der Waals surface area contributed by atoms with Crippen LogP contribution in [0.25, 0.3) is 0 Å². The summed E-state index contributed by atoms with van der Waals surface area (Å²) in [5, 5.41) is 3.40. The van der Waals surface area contributed by atoms with Gasteiger partial charge in [0.05, 0.1) is 11.6 Å². The number of nitrogens with one attached hydrogen (secondary N) is 1. The van der Waals surface area contributed by atoms with Crippen molar-refractivity contribution in [3.8, 4) is 0 Å². The van der Waals surface area contributed by atoms with E-state index in [-0.39, 0.29) is 6.04 Å². The fourth-order valence-corrected chi connectivity index (χ4v) is 3.13. The Kier molecular flexibility index (Phi) is 5.06. The van der Waals surface area contributed by atoms with Gasteiger partial charge in [-0.05, 0) is 49.7 Å². The van der Waals surface area contributed by atoms with Gasteiger partial charge in [-0.2, -0.15) is 13.2 Å². The van der Waals surface area contributed by atoms with Crippen molar-refractivity contribution in [2.45, 2.75) is 32.5 Å². The molecule has 0 fully saturated rings. The third kappa shape index (κ3) is 4.08. The molecule has 0 aliphatic heterocycles. The zero-order chi connectivity index (χ0) is 15.5. The van der Waals surface area contributed by atoms with Gasteiger partial charge in [0, 0.05) is 9.75 Å². The first-order valence-electron chi connectivity index (χ1n) is 6.88. The van der Waals surface area contributed by atoms with Gasteiger partial charge in [0.25, 0.3) is 0 Å². The van der Waals surface area contributed by atoms with Crippen molar-refractivity contribution in [1.29, 1.82) is 0 Å². The number of halogens is 3. The number of benzene rings is 1. The van der Waals surface area contributed by atoms with Crippen LogP contribution < -0.4 is 5.32 Å². The molecule has 0 amide bonds. The molecule has 21 heavy (non-hydrogen) atoms. The monoisotopic (exact) mass is 313 g/mol. The van der Waals surface area contributed by atoms with E-state index in [9.17, 15) is 13.2 Å². The van der Waals surface area contributed by atoms with Gasteiger partial charge in [-0.15, -0.1) is 11.3 Å². The van der Waals surface area contributed by atoms with Gasteiger partial charge in [-0.25, -0.2) is 0 Å². The highest BCUT2D eigenvalue weighted by atomic mass is 32.1.